The minimum atomic E-state index is -0.161. The van der Waals surface area contributed by atoms with Crippen LogP contribution in [0.15, 0.2) is 24.3 Å². The Morgan fingerprint density at radius 1 is 1.33 bits per heavy atom. The van der Waals surface area contributed by atoms with Crippen LogP contribution in [0, 0.1) is 0 Å². The molecule has 1 heterocycles. The van der Waals surface area contributed by atoms with Crippen LogP contribution in [0.3, 0.4) is 0 Å². The van der Waals surface area contributed by atoms with Crippen molar-refractivity contribution in [1.29, 1.82) is 0 Å². The Hall–Kier alpha value is -1.88. The van der Waals surface area contributed by atoms with Crippen molar-refractivity contribution in [1.82, 2.24) is 4.90 Å². The summed E-state index contributed by atoms with van der Waals surface area (Å²) in [6.45, 7) is 1.30. The van der Waals surface area contributed by atoms with Crippen molar-refractivity contribution in [3.05, 3.63) is 29.8 Å². The quantitative estimate of drug-likeness (QED) is 0.822. The molecule has 1 fully saturated rings. The third-order valence-corrected chi connectivity index (χ3v) is 2.98. The van der Waals surface area contributed by atoms with Crippen LogP contribution in [0.25, 0.3) is 0 Å². The molecule has 0 aromatic heterocycles. The van der Waals surface area contributed by atoms with Crippen molar-refractivity contribution in [2.75, 3.05) is 18.4 Å². The van der Waals surface area contributed by atoms with Crippen molar-refractivity contribution >= 4 is 17.5 Å². The lowest BCUT2D eigenvalue weighted by atomic mass is 10.2. The van der Waals surface area contributed by atoms with E-state index in [1.807, 2.05) is 24.3 Å². The van der Waals surface area contributed by atoms with Crippen LogP contribution < -0.4 is 11.1 Å². The van der Waals surface area contributed by atoms with Crippen molar-refractivity contribution in [3.63, 3.8) is 0 Å². The maximum atomic E-state index is 11.7. The van der Waals surface area contributed by atoms with E-state index < -0.39 is 0 Å². The van der Waals surface area contributed by atoms with E-state index in [0.29, 0.717) is 19.5 Å². The number of hydrogen-bond acceptors (Lipinski definition) is 3. The third kappa shape index (κ3) is 3.07. The number of likely N-dealkylation sites (tertiary alicyclic amines) is 1. The number of carbonyl (C=O) groups excluding carboxylic acids is 2. The summed E-state index contributed by atoms with van der Waals surface area (Å²) >= 11 is 0. The van der Waals surface area contributed by atoms with E-state index in [1.165, 1.54) is 0 Å². The zero-order valence-electron chi connectivity index (χ0n) is 10.2. The molecule has 0 atom stereocenters. The Morgan fingerprint density at radius 2 is 2.06 bits per heavy atom. The van der Waals surface area contributed by atoms with Gasteiger partial charge in [-0.2, -0.15) is 0 Å². The molecule has 0 aliphatic carbocycles. The van der Waals surface area contributed by atoms with Crippen LogP contribution >= 0.6 is 0 Å². The monoisotopic (exact) mass is 247 g/mol. The molecular formula is C13H17N3O2. The number of benzene rings is 1. The largest absolute Gasteiger partial charge is 0.333 e. The van der Waals surface area contributed by atoms with Gasteiger partial charge in [0.1, 0.15) is 0 Å². The Labute approximate surface area is 106 Å². The van der Waals surface area contributed by atoms with Crippen LogP contribution in [0.2, 0.25) is 0 Å². The van der Waals surface area contributed by atoms with Crippen molar-refractivity contribution in [2.45, 2.75) is 19.4 Å². The zero-order chi connectivity index (χ0) is 13.0. The summed E-state index contributed by atoms with van der Waals surface area (Å²) in [7, 11) is 0. The van der Waals surface area contributed by atoms with E-state index in [4.69, 9.17) is 5.73 Å². The molecular weight excluding hydrogens is 230 g/mol. The molecule has 0 saturated carbocycles. The molecule has 1 aromatic rings. The molecule has 3 N–H and O–H groups in total. The number of nitrogens with two attached hydrogens (primary N) is 1. The predicted molar refractivity (Wildman–Crippen MR) is 68.8 cm³/mol. The van der Waals surface area contributed by atoms with Gasteiger partial charge < -0.3 is 16.0 Å². The molecule has 1 aromatic carbocycles. The lowest BCUT2D eigenvalue weighted by molar-refractivity contribution is -0.131. The van der Waals surface area contributed by atoms with Crippen molar-refractivity contribution < 1.29 is 9.59 Å². The molecule has 0 bridgehead atoms. The van der Waals surface area contributed by atoms with Crippen LogP contribution in [0.1, 0.15) is 18.4 Å². The van der Waals surface area contributed by atoms with Crippen LogP contribution in [0.4, 0.5) is 5.69 Å². The fourth-order valence-corrected chi connectivity index (χ4v) is 1.97. The molecule has 0 radical (unpaired) electrons. The highest BCUT2D eigenvalue weighted by molar-refractivity contribution is 5.94. The molecule has 1 aliphatic heterocycles. The average molecular weight is 247 g/mol. The smallest absolute Gasteiger partial charge is 0.243 e. The summed E-state index contributed by atoms with van der Waals surface area (Å²) in [6, 6.07) is 7.37. The number of nitrogens with one attached hydrogen (secondary N) is 1. The minimum Gasteiger partial charge on any atom is -0.333 e. The summed E-state index contributed by atoms with van der Waals surface area (Å²) < 4.78 is 0. The highest BCUT2D eigenvalue weighted by atomic mass is 16.2. The highest BCUT2D eigenvalue weighted by Crippen LogP contribution is 2.11. The minimum absolute atomic E-state index is 0.0589. The van der Waals surface area contributed by atoms with Gasteiger partial charge in [0.2, 0.25) is 11.8 Å². The SMILES string of the molecule is NCc1ccc(NC(=O)CN2CCCC2=O)cc1. The van der Waals surface area contributed by atoms with E-state index in [0.717, 1.165) is 17.7 Å². The maximum absolute atomic E-state index is 11.7. The number of carbonyl (C=O) groups is 2. The standard InChI is InChI=1S/C13H17N3O2/c14-8-10-3-5-11(6-4-10)15-12(17)9-16-7-1-2-13(16)18/h3-6H,1-2,7-9,14H2,(H,15,17). The van der Waals surface area contributed by atoms with E-state index in [1.54, 1.807) is 4.90 Å². The van der Waals surface area contributed by atoms with Crippen LogP contribution in [0.5, 0.6) is 0 Å². The van der Waals surface area contributed by atoms with Gasteiger partial charge in [-0.25, -0.2) is 0 Å². The Balaban J connectivity index is 1.88. The Bertz CT molecular complexity index is 442. The van der Waals surface area contributed by atoms with Crippen molar-refractivity contribution in [3.8, 4) is 0 Å². The number of rotatable bonds is 4. The fraction of sp³-hybridized carbons (Fsp3) is 0.385. The third-order valence-electron chi connectivity index (χ3n) is 2.98. The predicted octanol–water partition coefficient (Wildman–Crippen LogP) is 0.706. The summed E-state index contributed by atoms with van der Waals surface area (Å²) in [5, 5.41) is 2.77. The fourth-order valence-electron chi connectivity index (χ4n) is 1.97. The van der Waals surface area contributed by atoms with E-state index in [2.05, 4.69) is 5.32 Å². The van der Waals surface area contributed by atoms with Crippen LogP contribution in [-0.2, 0) is 16.1 Å². The van der Waals surface area contributed by atoms with Crippen molar-refractivity contribution in [2.24, 2.45) is 5.73 Å². The first kappa shape index (κ1) is 12.6. The summed E-state index contributed by atoms with van der Waals surface area (Å²) in [5.74, 6) is -0.102. The lowest BCUT2D eigenvalue weighted by Crippen LogP contribution is -2.33. The van der Waals surface area contributed by atoms with E-state index >= 15 is 0 Å². The topological polar surface area (TPSA) is 75.4 Å². The molecule has 0 spiro atoms. The molecule has 5 heteroatoms. The molecule has 18 heavy (non-hydrogen) atoms. The summed E-state index contributed by atoms with van der Waals surface area (Å²) in [4.78, 5) is 24.7. The second-order valence-electron chi connectivity index (χ2n) is 4.37. The second-order valence-corrected chi connectivity index (χ2v) is 4.37. The van der Waals surface area contributed by atoms with Gasteiger partial charge in [-0.3, -0.25) is 9.59 Å². The van der Waals surface area contributed by atoms with Gasteiger partial charge in [-0.15, -0.1) is 0 Å². The number of nitrogens with zero attached hydrogens (tertiary/aromatic N) is 1. The normalized spacial score (nSPS) is 14.9. The van der Waals surface area contributed by atoms with Gasteiger partial charge in [0.15, 0.2) is 0 Å². The number of anilines is 1. The first-order valence-electron chi connectivity index (χ1n) is 6.05. The highest BCUT2D eigenvalue weighted by Gasteiger charge is 2.22. The van der Waals surface area contributed by atoms with E-state index in [9.17, 15) is 9.59 Å². The van der Waals surface area contributed by atoms with Gasteiger partial charge in [0, 0.05) is 25.2 Å². The lowest BCUT2D eigenvalue weighted by Gasteiger charge is -2.15. The Morgan fingerprint density at radius 3 is 2.61 bits per heavy atom. The molecule has 0 unspecified atom stereocenters. The molecule has 96 valence electrons. The zero-order valence-corrected chi connectivity index (χ0v) is 10.2. The van der Waals surface area contributed by atoms with Gasteiger partial charge in [-0.05, 0) is 24.1 Å². The molecule has 2 rings (SSSR count). The number of hydrogen-bond donors (Lipinski definition) is 2. The van der Waals surface area contributed by atoms with Gasteiger partial charge in [0.05, 0.1) is 6.54 Å². The molecule has 5 nitrogen and oxygen atoms in total. The van der Waals surface area contributed by atoms with Gasteiger partial charge in [-0.1, -0.05) is 12.1 Å². The summed E-state index contributed by atoms with van der Waals surface area (Å²) in [5.41, 5.74) is 7.24. The number of amides is 2. The summed E-state index contributed by atoms with van der Waals surface area (Å²) in [6.07, 6.45) is 1.40. The first-order valence-corrected chi connectivity index (χ1v) is 6.05. The first-order chi connectivity index (χ1) is 8.69. The average Bonchev–Trinajstić information content (AvgIpc) is 2.76. The van der Waals surface area contributed by atoms with E-state index in [-0.39, 0.29) is 18.4 Å². The molecule has 1 saturated heterocycles. The van der Waals surface area contributed by atoms with Crippen LogP contribution in [-0.4, -0.2) is 29.8 Å². The Kier molecular flexibility index (Phi) is 3.94. The van der Waals surface area contributed by atoms with Gasteiger partial charge >= 0.3 is 0 Å². The maximum Gasteiger partial charge on any atom is 0.243 e. The second kappa shape index (κ2) is 5.64. The molecule has 2 amide bonds. The molecule has 1 aliphatic rings. The van der Waals surface area contributed by atoms with Gasteiger partial charge in [0.25, 0.3) is 0 Å².